The third kappa shape index (κ3) is 2.55. The molecule has 0 radical (unpaired) electrons. The summed E-state index contributed by atoms with van der Waals surface area (Å²) < 4.78 is 0. The number of ketones is 1. The summed E-state index contributed by atoms with van der Waals surface area (Å²) in [6, 6.07) is 14.8. The van der Waals surface area contributed by atoms with Gasteiger partial charge in [-0.15, -0.1) is 0 Å². The van der Waals surface area contributed by atoms with E-state index in [4.69, 9.17) is 0 Å². The summed E-state index contributed by atoms with van der Waals surface area (Å²) in [5, 5.41) is 10.4. The molecule has 0 fully saturated rings. The van der Waals surface area contributed by atoms with E-state index in [0.717, 1.165) is 27.7 Å². The van der Waals surface area contributed by atoms with Gasteiger partial charge in [-0.2, -0.15) is 0 Å². The average Bonchev–Trinajstić information content (AvgIpc) is 2.89. The van der Waals surface area contributed by atoms with E-state index >= 15 is 0 Å². The zero-order chi connectivity index (χ0) is 15.0. The van der Waals surface area contributed by atoms with Gasteiger partial charge in [0.1, 0.15) is 5.75 Å². The molecule has 2 N–H and O–H groups in total. The molecule has 0 bridgehead atoms. The summed E-state index contributed by atoms with van der Waals surface area (Å²) >= 11 is 0. The van der Waals surface area contributed by atoms with Crippen molar-refractivity contribution in [3.63, 3.8) is 0 Å². The number of H-pyrrole nitrogens is 1. The van der Waals surface area contributed by atoms with Crippen LogP contribution in [0.4, 0.5) is 0 Å². The van der Waals surface area contributed by atoms with Crippen molar-refractivity contribution in [3.8, 4) is 17.0 Å². The monoisotopic (exact) mass is 279 g/mol. The van der Waals surface area contributed by atoms with Crippen LogP contribution in [0, 0.1) is 5.92 Å². The molecule has 0 unspecified atom stereocenters. The second-order valence-corrected chi connectivity index (χ2v) is 5.55. The lowest BCUT2D eigenvalue weighted by molar-refractivity contribution is 0.0939. The van der Waals surface area contributed by atoms with Crippen LogP contribution in [-0.2, 0) is 0 Å². The molecule has 0 atom stereocenters. The van der Waals surface area contributed by atoms with E-state index in [-0.39, 0.29) is 17.5 Å². The summed E-state index contributed by atoms with van der Waals surface area (Å²) in [6.45, 7) is 3.81. The van der Waals surface area contributed by atoms with Crippen LogP contribution in [0.15, 0.2) is 48.5 Å². The van der Waals surface area contributed by atoms with Crippen molar-refractivity contribution in [1.82, 2.24) is 4.98 Å². The number of aromatic nitrogens is 1. The number of hydrogen-bond donors (Lipinski definition) is 2. The molecule has 0 spiro atoms. The molecular formula is C18H17NO2. The molecule has 3 rings (SSSR count). The number of benzene rings is 2. The quantitative estimate of drug-likeness (QED) is 0.699. The van der Waals surface area contributed by atoms with E-state index < -0.39 is 0 Å². The highest BCUT2D eigenvalue weighted by atomic mass is 16.3. The van der Waals surface area contributed by atoms with Crippen LogP contribution in [0.5, 0.6) is 5.75 Å². The van der Waals surface area contributed by atoms with Gasteiger partial charge >= 0.3 is 0 Å². The zero-order valence-corrected chi connectivity index (χ0v) is 12.1. The Labute approximate surface area is 123 Å². The Morgan fingerprint density at radius 1 is 1.05 bits per heavy atom. The second kappa shape index (κ2) is 5.09. The van der Waals surface area contributed by atoms with Crippen LogP contribution < -0.4 is 0 Å². The fourth-order valence-corrected chi connectivity index (χ4v) is 2.41. The standard InChI is InChI=1S/C18H17NO2/c1-11(2)18(21)14-4-3-13-9-16(19-17(13)10-14)12-5-7-15(20)8-6-12/h3-11,19-20H,1-2H3. The van der Waals surface area contributed by atoms with Gasteiger partial charge in [-0.1, -0.05) is 26.0 Å². The SMILES string of the molecule is CC(C)C(=O)c1ccc2cc(-c3ccc(O)cc3)[nH]c2c1. The average molecular weight is 279 g/mol. The Morgan fingerprint density at radius 3 is 2.43 bits per heavy atom. The maximum absolute atomic E-state index is 12.1. The Morgan fingerprint density at radius 2 is 1.76 bits per heavy atom. The number of nitrogens with one attached hydrogen (secondary N) is 1. The highest BCUT2D eigenvalue weighted by Gasteiger charge is 2.12. The number of Topliss-reactive ketones (excluding diaryl/α,β-unsaturated/α-hetero) is 1. The molecule has 0 saturated carbocycles. The third-order valence-electron chi connectivity index (χ3n) is 3.61. The fraction of sp³-hybridized carbons (Fsp3) is 0.167. The second-order valence-electron chi connectivity index (χ2n) is 5.55. The minimum atomic E-state index is -0.00557. The summed E-state index contributed by atoms with van der Waals surface area (Å²) in [4.78, 5) is 15.4. The zero-order valence-electron chi connectivity index (χ0n) is 12.1. The number of carbonyl (C=O) groups excluding carboxylic acids is 1. The maximum atomic E-state index is 12.1. The van der Waals surface area contributed by atoms with Crippen LogP contribution in [0.1, 0.15) is 24.2 Å². The maximum Gasteiger partial charge on any atom is 0.165 e. The highest BCUT2D eigenvalue weighted by Crippen LogP contribution is 2.26. The number of phenolic OH excluding ortho intramolecular Hbond substituents is 1. The molecule has 0 amide bonds. The van der Waals surface area contributed by atoms with Crippen LogP contribution in [0.3, 0.4) is 0 Å². The van der Waals surface area contributed by atoms with Gasteiger partial charge in [0, 0.05) is 28.1 Å². The molecule has 2 aromatic carbocycles. The highest BCUT2D eigenvalue weighted by molar-refractivity contribution is 6.01. The molecular weight excluding hydrogens is 262 g/mol. The Hall–Kier alpha value is -2.55. The number of aromatic hydroxyl groups is 1. The predicted molar refractivity (Wildman–Crippen MR) is 84.6 cm³/mol. The summed E-state index contributed by atoms with van der Waals surface area (Å²) in [6.07, 6.45) is 0. The minimum Gasteiger partial charge on any atom is -0.508 e. The van der Waals surface area contributed by atoms with Gasteiger partial charge in [0.05, 0.1) is 0 Å². The molecule has 0 aliphatic rings. The summed E-state index contributed by atoms with van der Waals surface area (Å²) in [5.74, 6) is 0.395. The first-order chi connectivity index (χ1) is 10.0. The van der Waals surface area contributed by atoms with Crippen LogP contribution in [-0.4, -0.2) is 15.9 Å². The van der Waals surface area contributed by atoms with E-state index in [1.807, 2.05) is 50.2 Å². The van der Waals surface area contributed by atoms with Gasteiger partial charge in [0.2, 0.25) is 0 Å². The molecule has 1 heterocycles. The van der Waals surface area contributed by atoms with Crippen molar-refractivity contribution in [2.24, 2.45) is 5.92 Å². The molecule has 3 heteroatoms. The minimum absolute atomic E-state index is 0.00557. The molecule has 21 heavy (non-hydrogen) atoms. The first-order valence-corrected chi connectivity index (χ1v) is 7.01. The Kier molecular flexibility index (Phi) is 3.26. The van der Waals surface area contributed by atoms with Crippen molar-refractivity contribution in [2.45, 2.75) is 13.8 Å². The van der Waals surface area contributed by atoms with Crippen LogP contribution in [0.2, 0.25) is 0 Å². The Balaban J connectivity index is 2.04. The smallest absolute Gasteiger partial charge is 0.165 e. The molecule has 0 saturated heterocycles. The number of rotatable bonds is 3. The molecule has 106 valence electrons. The van der Waals surface area contributed by atoms with Gasteiger partial charge < -0.3 is 10.1 Å². The van der Waals surface area contributed by atoms with E-state index in [2.05, 4.69) is 4.98 Å². The topological polar surface area (TPSA) is 53.1 Å². The van der Waals surface area contributed by atoms with E-state index in [1.54, 1.807) is 12.1 Å². The van der Waals surface area contributed by atoms with E-state index in [9.17, 15) is 9.90 Å². The number of aromatic amines is 1. The normalized spacial score (nSPS) is 11.2. The van der Waals surface area contributed by atoms with E-state index in [0.29, 0.717) is 0 Å². The van der Waals surface area contributed by atoms with Crippen molar-refractivity contribution in [1.29, 1.82) is 0 Å². The molecule has 0 aliphatic carbocycles. The van der Waals surface area contributed by atoms with Gasteiger partial charge in [-0.25, -0.2) is 0 Å². The van der Waals surface area contributed by atoms with Gasteiger partial charge in [-0.05, 0) is 42.0 Å². The summed E-state index contributed by atoms with van der Waals surface area (Å²) in [7, 11) is 0. The number of phenols is 1. The molecule has 3 aromatic rings. The van der Waals surface area contributed by atoms with Crippen LogP contribution >= 0.6 is 0 Å². The lowest BCUT2D eigenvalue weighted by Crippen LogP contribution is -2.06. The number of fused-ring (bicyclic) bond motifs is 1. The van der Waals surface area contributed by atoms with Gasteiger partial charge in [-0.3, -0.25) is 4.79 Å². The van der Waals surface area contributed by atoms with Crippen molar-refractivity contribution in [2.75, 3.05) is 0 Å². The Bertz CT molecular complexity index is 798. The first kappa shape index (κ1) is 13.4. The lowest BCUT2D eigenvalue weighted by Gasteiger charge is -2.03. The largest absolute Gasteiger partial charge is 0.508 e. The first-order valence-electron chi connectivity index (χ1n) is 7.01. The van der Waals surface area contributed by atoms with Gasteiger partial charge in [0.25, 0.3) is 0 Å². The number of carbonyl (C=O) groups is 1. The van der Waals surface area contributed by atoms with Crippen molar-refractivity contribution in [3.05, 3.63) is 54.1 Å². The number of hydrogen-bond acceptors (Lipinski definition) is 2. The molecule has 0 aliphatic heterocycles. The van der Waals surface area contributed by atoms with Crippen molar-refractivity contribution >= 4 is 16.7 Å². The fourth-order valence-electron chi connectivity index (χ4n) is 2.41. The lowest BCUT2D eigenvalue weighted by atomic mass is 10.0. The molecule has 3 nitrogen and oxygen atoms in total. The van der Waals surface area contributed by atoms with Crippen LogP contribution in [0.25, 0.3) is 22.2 Å². The predicted octanol–water partition coefficient (Wildman–Crippen LogP) is 4.38. The van der Waals surface area contributed by atoms with Gasteiger partial charge in [0.15, 0.2) is 5.78 Å². The van der Waals surface area contributed by atoms with E-state index in [1.165, 1.54) is 0 Å². The van der Waals surface area contributed by atoms with Crippen molar-refractivity contribution < 1.29 is 9.90 Å². The third-order valence-corrected chi connectivity index (χ3v) is 3.61. The summed E-state index contributed by atoms with van der Waals surface area (Å²) in [5.41, 5.74) is 3.65. The molecule has 1 aromatic heterocycles.